The Morgan fingerprint density at radius 3 is 2.62 bits per heavy atom. The van der Waals surface area contributed by atoms with Crippen LogP contribution in [-0.4, -0.2) is 36.8 Å². The van der Waals surface area contributed by atoms with Crippen molar-refractivity contribution >= 4 is 36.8 Å². The van der Waals surface area contributed by atoms with Crippen LogP contribution in [0.15, 0.2) is 58.6 Å². The van der Waals surface area contributed by atoms with E-state index in [1.807, 2.05) is 25.1 Å². The van der Waals surface area contributed by atoms with Crippen LogP contribution in [0.4, 0.5) is 0 Å². The Bertz CT molecular complexity index is 1180. The zero-order valence-electron chi connectivity index (χ0n) is 16.7. The molecule has 7 heteroatoms. The Morgan fingerprint density at radius 1 is 1.21 bits per heavy atom. The van der Waals surface area contributed by atoms with Gasteiger partial charge in [-0.1, -0.05) is 19.1 Å². The molecule has 1 heterocycles. The Kier molecular flexibility index (Phi) is 6.00. The van der Waals surface area contributed by atoms with Gasteiger partial charge in [-0.05, 0) is 46.4 Å². The number of aromatic nitrogens is 1. The van der Waals surface area contributed by atoms with E-state index in [9.17, 15) is 14.7 Å². The van der Waals surface area contributed by atoms with Crippen LogP contribution in [0.5, 0.6) is 5.75 Å². The highest BCUT2D eigenvalue weighted by atomic mass is 28.3. The average Bonchev–Trinajstić information content (AvgIpc) is 2.74. The lowest BCUT2D eigenvalue weighted by Crippen LogP contribution is -2.28. The standard InChI is InChI=1S/C22H24N3O3Si/c1-4-29(28)16-6-8-21(26)19(10-16)20-13-25(3)22(27)17-7-5-14(9-18(17)20)15(11-23)12-24-2/h5-13,26,28H,4,23H2,1-3H3. The first-order valence-corrected chi connectivity index (χ1v) is 10.9. The number of rotatable bonds is 5. The summed E-state index contributed by atoms with van der Waals surface area (Å²) in [5.74, 6) is 0.0923. The number of aryl methyl sites for hydroxylation is 1. The van der Waals surface area contributed by atoms with E-state index in [4.69, 9.17) is 5.73 Å². The molecule has 29 heavy (non-hydrogen) atoms. The van der Waals surface area contributed by atoms with E-state index in [0.29, 0.717) is 27.9 Å². The molecule has 0 saturated carbocycles. The highest BCUT2D eigenvalue weighted by Crippen LogP contribution is 2.34. The van der Waals surface area contributed by atoms with Crippen molar-refractivity contribution in [3.63, 3.8) is 0 Å². The molecule has 149 valence electrons. The predicted molar refractivity (Wildman–Crippen MR) is 121 cm³/mol. The first-order valence-electron chi connectivity index (χ1n) is 9.27. The molecule has 0 amide bonds. The number of nitrogens with zero attached hydrogens (tertiary/aromatic N) is 2. The minimum Gasteiger partial charge on any atom is -0.507 e. The van der Waals surface area contributed by atoms with Crippen LogP contribution in [-0.2, 0) is 7.05 Å². The van der Waals surface area contributed by atoms with E-state index >= 15 is 0 Å². The van der Waals surface area contributed by atoms with Gasteiger partial charge in [0.05, 0.1) is 0 Å². The van der Waals surface area contributed by atoms with E-state index in [2.05, 4.69) is 4.99 Å². The summed E-state index contributed by atoms with van der Waals surface area (Å²) in [6.07, 6.45) is 4.83. The van der Waals surface area contributed by atoms with E-state index in [0.717, 1.165) is 16.3 Å². The van der Waals surface area contributed by atoms with Crippen LogP contribution >= 0.6 is 0 Å². The largest absolute Gasteiger partial charge is 0.507 e. The van der Waals surface area contributed by atoms with Crippen molar-refractivity contribution < 1.29 is 9.90 Å². The summed E-state index contributed by atoms with van der Waals surface area (Å²) in [5, 5.41) is 12.6. The van der Waals surface area contributed by atoms with Crippen molar-refractivity contribution in [2.24, 2.45) is 17.8 Å². The predicted octanol–water partition coefficient (Wildman–Crippen LogP) is 2.12. The average molecular weight is 407 g/mol. The Hall–Kier alpha value is -3.16. The molecular weight excluding hydrogens is 382 g/mol. The fourth-order valence-corrected chi connectivity index (χ4v) is 4.34. The number of fused-ring (bicyclic) bond motifs is 1. The van der Waals surface area contributed by atoms with E-state index < -0.39 is 9.04 Å². The molecule has 1 radical (unpaired) electrons. The molecule has 0 aliphatic rings. The second-order valence-corrected chi connectivity index (χ2v) is 8.94. The number of aromatic hydroxyl groups is 1. The normalized spacial score (nSPS) is 12.4. The van der Waals surface area contributed by atoms with E-state index in [-0.39, 0.29) is 11.3 Å². The molecule has 0 fully saturated rings. The number of benzene rings is 2. The number of aliphatic imine (C=N–C) groups is 1. The monoisotopic (exact) mass is 406 g/mol. The van der Waals surface area contributed by atoms with Gasteiger partial charge in [0.15, 0.2) is 0 Å². The first-order chi connectivity index (χ1) is 13.9. The lowest BCUT2D eigenvalue weighted by atomic mass is 9.96. The van der Waals surface area contributed by atoms with Crippen LogP contribution < -0.4 is 16.5 Å². The molecule has 6 nitrogen and oxygen atoms in total. The summed E-state index contributed by atoms with van der Waals surface area (Å²) in [6.45, 7) is 1.94. The molecule has 3 rings (SSSR count). The molecule has 0 bridgehead atoms. The molecule has 4 N–H and O–H groups in total. The van der Waals surface area contributed by atoms with Gasteiger partial charge in [0.25, 0.3) is 5.56 Å². The summed E-state index contributed by atoms with van der Waals surface area (Å²) in [5.41, 5.74) is 8.44. The number of hydrogen-bond donors (Lipinski definition) is 3. The number of allylic oxidation sites excluding steroid dienone is 1. The smallest absolute Gasteiger partial charge is 0.258 e. The molecule has 3 aromatic rings. The second-order valence-electron chi connectivity index (χ2n) is 6.76. The lowest BCUT2D eigenvalue weighted by Gasteiger charge is -2.14. The van der Waals surface area contributed by atoms with E-state index in [1.54, 1.807) is 44.7 Å². The molecule has 0 unspecified atom stereocenters. The van der Waals surface area contributed by atoms with Gasteiger partial charge in [0.1, 0.15) is 5.75 Å². The van der Waals surface area contributed by atoms with Gasteiger partial charge >= 0.3 is 0 Å². The maximum absolute atomic E-state index is 12.7. The number of nitrogens with two attached hydrogens (primary N) is 1. The molecular formula is C22H24N3O3Si. The Morgan fingerprint density at radius 2 is 1.97 bits per heavy atom. The molecule has 0 atom stereocenters. The topological polar surface area (TPSA) is 101 Å². The molecule has 0 aliphatic heterocycles. The summed E-state index contributed by atoms with van der Waals surface area (Å²) in [6, 6.07) is 11.3. The van der Waals surface area contributed by atoms with Gasteiger partial charge in [-0.15, -0.1) is 0 Å². The molecule has 0 aliphatic carbocycles. The SMILES string of the molecule is CC[Si](O)c1ccc(O)c(-c2cn(C)c(=O)c3ccc(C(C=NC)=CN)cc23)c1. The van der Waals surface area contributed by atoms with Crippen molar-refractivity contribution in [2.75, 3.05) is 7.05 Å². The third-order valence-corrected chi connectivity index (χ3v) is 6.57. The Balaban J connectivity index is 2.36. The van der Waals surface area contributed by atoms with Crippen LogP contribution in [0.3, 0.4) is 0 Å². The van der Waals surface area contributed by atoms with Crippen LogP contribution in [0.25, 0.3) is 27.5 Å². The summed E-state index contributed by atoms with van der Waals surface area (Å²) in [4.78, 5) is 27.1. The van der Waals surface area contributed by atoms with Gasteiger partial charge in [-0.25, -0.2) is 0 Å². The zero-order chi connectivity index (χ0) is 21.1. The third kappa shape index (κ3) is 3.87. The number of phenols is 1. The maximum Gasteiger partial charge on any atom is 0.258 e. The highest BCUT2D eigenvalue weighted by molar-refractivity contribution is 6.66. The summed E-state index contributed by atoms with van der Waals surface area (Å²) < 4.78 is 1.50. The van der Waals surface area contributed by atoms with Crippen LogP contribution in [0, 0.1) is 0 Å². The van der Waals surface area contributed by atoms with Gasteiger partial charge in [-0.3, -0.25) is 9.79 Å². The molecule has 2 aromatic carbocycles. The number of hydrogen-bond acceptors (Lipinski definition) is 5. The minimum atomic E-state index is -1.68. The zero-order valence-corrected chi connectivity index (χ0v) is 17.7. The fourth-order valence-electron chi connectivity index (χ4n) is 3.35. The Labute approximate surface area is 171 Å². The third-order valence-electron chi connectivity index (χ3n) is 4.92. The van der Waals surface area contributed by atoms with Gasteiger partial charge in [0, 0.05) is 54.8 Å². The molecule has 0 saturated heterocycles. The second kappa shape index (κ2) is 8.46. The fraction of sp³-hybridized carbons (Fsp3) is 0.182. The van der Waals surface area contributed by atoms with Crippen LogP contribution in [0.1, 0.15) is 12.5 Å². The van der Waals surface area contributed by atoms with Crippen LogP contribution in [0.2, 0.25) is 6.04 Å². The lowest BCUT2D eigenvalue weighted by molar-refractivity contribution is 0.477. The molecule has 0 spiro atoms. The maximum atomic E-state index is 12.7. The minimum absolute atomic E-state index is 0.0923. The van der Waals surface area contributed by atoms with Gasteiger partial charge in [-0.2, -0.15) is 0 Å². The van der Waals surface area contributed by atoms with Crippen molar-refractivity contribution in [1.29, 1.82) is 0 Å². The molecule has 1 aromatic heterocycles. The van der Waals surface area contributed by atoms with Crippen molar-refractivity contribution in [3.05, 3.63) is 64.7 Å². The quantitative estimate of drug-likeness (QED) is 0.446. The van der Waals surface area contributed by atoms with E-state index in [1.165, 1.54) is 10.8 Å². The van der Waals surface area contributed by atoms with Gasteiger partial charge in [0.2, 0.25) is 9.04 Å². The number of pyridine rings is 1. The van der Waals surface area contributed by atoms with Crippen molar-refractivity contribution in [1.82, 2.24) is 4.57 Å². The van der Waals surface area contributed by atoms with Crippen molar-refractivity contribution in [2.45, 2.75) is 13.0 Å². The highest BCUT2D eigenvalue weighted by Gasteiger charge is 2.17. The first kappa shape index (κ1) is 20.6. The summed E-state index contributed by atoms with van der Waals surface area (Å²) >= 11 is 0. The number of phenolic OH excluding ortho intramolecular Hbond substituents is 1. The van der Waals surface area contributed by atoms with Gasteiger partial charge < -0.3 is 20.2 Å². The van der Waals surface area contributed by atoms with Crippen molar-refractivity contribution in [3.8, 4) is 16.9 Å². The summed E-state index contributed by atoms with van der Waals surface area (Å²) in [7, 11) is 1.67.